The largest absolute Gasteiger partial charge is 0.391 e. The standard InChI is InChI=1S/C22H28N4O/c1-15(2)12-17-13-18(25-24-17)22-21(16-8-4-3-5-9-16)23-14-26(22)19-10-6-7-11-20(19)27/h3-5,8-9,13-15,19-20,27H,6-7,10-12H2,1-2H3,(H,24,25)/t19-,20-/m0/s1. The minimum absolute atomic E-state index is 0.0592. The summed E-state index contributed by atoms with van der Waals surface area (Å²) in [5.74, 6) is 0.567. The molecule has 2 N–H and O–H groups in total. The predicted molar refractivity (Wildman–Crippen MR) is 107 cm³/mol. The molecule has 0 amide bonds. The molecule has 0 aliphatic heterocycles. The second kappa shape index (κ2) is 7.69. The Morgan fingerprint density at radius 3 is 2.70 bits per heavy atom. The van der Waals surface area contributed by atoms with E-state index in [1.165, 1.54) is 0 Å². The Morgan fingerprint density at radius 1 is 1.19 bits per heavy atom. The highest BCUT2D eigenvalue weighted by Gasteiger charge is 2.29. The van der Waals surface area contributed by atoms with Gasteiger partial charge in [-0.3, -0.25) is 5.10 Å². The van der Waals surface area contributed by atoms with E-state index in [1.807, 2.05) is 24.5 Å². The molecule has 1 aliphatic rings. The van der Waals surface area contributed by atoms with E-state index in [-0.39, 0.29) is 12.1 Å². The summed E-state index contributed by atoms with van der Waals surface area (Å²) in [4.78, 5) is 4.74. The molecule has 2 aromatic heterocycles. The lowest BCUT2D eigenvalue weighted by Crippen LogP contribution is -2.27. The van der Waals surface area contributed by atoms with Crippen LogP contribution in [0.3, 0.4) is 0 Å². The number of aromatic nitrogens is 4. The predicted octanol–water partition coefficient (Wildman–Crippen LogP) is 4.61. The molecule has 0 saturated heterocycles. The van der Waals surface area contributed by atoms with Crippen LogP contribution in [-0.4, -0.2) is 31.0 Å². The quantitative estimate of drug-likeness (QED) is 0.694. The maximum absolute atomic E-state index is 10.6. The normalized spacial score (nSPS) is 20.3. The molecule has 1 aromatic carbocycles. The molecule has 5 nitrogen and oxygen atoms in total. The number of rotatable bonds is 5. The van der Waals surface area contributed by atoms with Crippen molar-refractivity contribution in [3.8, 4) is 22.6 Å². The molecular formula is C22H28N4O. The number of aliphatic hydroxyl groups is 1. The Hall–Kier alpha value is -2.40. The third kappa shape index (κ3) is 3.69. The SMILES string of the molecule is CC(C)Cc1cc(-c2c(-c3ccccc3)ncn2[C@H]2CCCC[C@@H]2O)n[nH]1. The molecule has 2 heterocycles. The lowest BCUT2D eigenvalue weighted by molar-refractivity contribution is 0.0761. The van der Waals surface area contributed by atoms with Crippen LogP contribution in [0.1, 0.15) is 51.3 Å². The molecule has 4 rings (SSSR count). The number of aromatic amines is 1. The van der Waals surface area contributed by atoms with E-state index >= 15 is 0 Å². The van der Waals surface area contributed by atoms with Gasteiger partial charge in [0.2, 0.25) is 0 Å². The fourth-order valence-corrected chi connectivity index (χ4v) is 4.12. The molecular weight excluding hydrogens is 336 g/mol. The Kier molecular flexibility index (Phi) is 5.12. The smallest absolute Gasteiger partial charge is 0.111 e. The Balaban J connectivity index is 1.81. The highest BCUT2D eigenvalue weighted by Crippen LogP contribution is 2.37. The van der Waals surface area contributed by atoms with Crippen molar-refractivity contribution >= 4 is 0 Å². The van der Waals surface area contributed by atoms with E-state index < -0.39 is 0 Å². The number of nitrogens with one attached hydrogen (secondary N) is 1. The van der Waals surface area contributed by atoms with Gasteiger partial charge in [0, 0.05) is 11.3 Å². The maximum Gasteiger partial charge on any atom is 0.111 e. The van der Waals surface area contributed by atoms with E-state index in [4.69, 9.17) is 4.98 Å². The highest BCUT2D eigenvalue weighted by atomic mass is 16.3. The molecule has 0 unspecified atom stereocenters. The summed E-state index contributed by atoms with van der Waals surface area (Å²) in [7, 11) is 0. The molecule has 2 atom stereocenters. The Bertz CT molecular complexity index is 881. The number of imidazole rings is 1. The fraction of sp³-hybridized carbons (Fsp3) is 0.455. The summed E-state index contributed by atoms with van der Waals surface area (Å²) >= 11 is 0. The Labute approximate surface area is 160 Å². The van der Waals surface area contributed by atoms with Gasteiger partial charge < -0.3 is 9.67 Å². The first-order valence-corrected chi connectivity index (χ1v) is 9.98. The minimum Gasteiger partial charge on any atom is -0.391 e. The minimum atomic E-state index is -0.329. The maximum atomic E-state index is 10.6. The molecule has 142 valence electrons. The van der Waals surface area contributed by atoms with Crippen molar-refractivity contribution in [2.45, 2.75) is 58.1 Å². The van der Waals surface area contributed by atoms with Gasteiger partial charge in [-0.1, -0.05) is 57.0 Å². The summed E-state index contributed by atoms with van der Waals surface area (Å²) in [5.41, 5.74) is 5.04. The van der Waals surface area contributed by atoms with E-state index in [0.29, 0.717) is 5.92 Å². The van der Waals surface area contributed by atoms with Crippen molar-refractivity contribution in [2.75, 3.05) is 0 Å². The van der Waals surface area contributed by atoms with Crippen molar-refractivity contribution in [2.24, 2.45) is 5.92 Å². The van der Waals surface area contributed by atoms with Gasteiger partial charge in [-0.15, -0.1) is 0 Å². The first-order valence-electron chi connectivity index (χ1n) is 9.98. The molecule has 1 fully saturated rings. The van der Waals surface area contributed by atoms with Gasteiger partial charge in [0.15, 0.2) is 0 Å². The van der Waals surface area contributed by atoms with Crippen LogP contribution < -0.4 is 0 Å². The van der Waals surface area contributed by atoms with Crippen molar-refractivity contribution in [1.82, 2.24) is 19.7 Å². The van der Waals surface area contributed by atoms with Crippen LogP contribution >= 0.6 is 0 Å². The number of nitrogens with zero attached hydrogens (tertiary/aromatic N) is 3. The lowest BCUT2D eigenvalue weighted by atomic mass is 9.92. The van der Waals surface area contributed by atoms with E-state index in [9.17, 15) is 5.11 Å². The van der Waals surface area contributed by atoms with Crippen molar-refractivity contribution in [1.29, 1.82) is 0 Å². The number of hydrogen-bond acceptors (Lipinski definition) is 3. The number of benzene rings is 1. The van der Waals surface area contributed by atoms with Crippen LogP contribution in [0, 0.1) is 5.92 Å². The van der Waals surface area contributed by atoms with E-state index in [2.05, 4.69) is 46.8 Å². The third-order valence-corrected chi connectivity index (χ3v) is 5.39. The van der Waals surface area contributed by atoms with Crippen molar-refractivity contribution in [3.63, 3.8) is 0 Å². The van der Waals surface area contributed by atoms with Gasteiger partial charge in [0.05, 0.1) is 29.9 Å². The molecule has 5 heteroatoms. The molecule has 3 aromatic rings. The summed E-state index contributed by atoms with van der Waals surface area (Å²) in [6.07, 6.45) is 6.57. The topological polar surface area (TPSA) is 66.7 Å². The zero-order valence-corrected chi connectivity index (χ0v) is 16.1. The number of aliphatic hydroxyl groups excluding tert-OH is 1. The van der Waals surface area contributed by atoms with E-state index in [0.717, 1.165) is 60.4 Å². The monoisotopic (exact) mass is 364 g/mol. The number of hydrogen-bond donors (Lipinski definition) is 2. The first kappa shape index (κ1) is 18.0. The first-order chi connectivity index (χ1) is 13.1. The molecule has 27 heavy (non-hydrogen) atoms. The average molecular weight is 364 g/mol. The summed E-state index contributed by atoms with van der Waals surface area (Å²) in [5, 5.41) is 18.4. The van der Waals surface area contributed by atoms with E-state index in [1.54, 1.807) is 0 Å². The van der Waals surface area contributed by atoms with Gasteiger partial charge in [-0.05, 0) is 31.2 Å². The van der Waals surface area contributed by atoms with Crippen LogP contribution in [0.2, 0.25) is 0 Å². The summed E-state index contributed by atoms with van der Waals surface area (Å²) < 4.78 is 2.15. The summed E-state index contributed by atoms with van der Waals surface area (Å²) in [6, 6.07) is 12.4. The molecule has 0 radical (unpaired) electrons. The Morgan fingerprint density at radius 2 is 1.96 bits per heavy atom. The van der Waals surface area contributed by atoms with Gasteiger partial charge in [0.25, 0.3) is 0 Å². The average Bonchev–Trinajstić information content (AvgIpc) is 3.29. The van der Waals surface area contributed by atoms with Crippen LogP contribution in [0.4, 0.5) is 0 Å². The molecule has 0 spiro atoms. The van der Waals surface area contributed by atoms with Crippen LogP contribution in [0.5, 0.6) is 0 Å². The second-order valence-corrected chi connectivity index (χ2v) is 8.01. The molecule has 1 aliphatic carbocycles. The highest BCUT2D eigenvalue weighted by molar-refractivity contribution is 5.77. The zero-order chi connectivity index (χ0) is 18.8. The molecule has 1 saturated carbocycles. The van der Waals surface area contributed by atoms with Gasteiger partial charge in [-0.2, -0.15) is 5.10 Å². The molecule has 0 bridgehead atoms. The summed E-state index contributed by atoms with van der Waals surface area (Å²) in [6.45, 7) is 4.41. The van der Waals surface area contributed by atoms with Gasteiger partial charge in [0.1, 0.15) is 5.69 Å². The lowest BCUT2D eigenvalue weighted by Gasteiger charge is -2.29. The van der Waals surface area contributed by atoms with Gasteiger partial charge >= 0.3 is 0 Å². The van der Waals surface area contributed by atoms with Crippen molar-refractivity contribution < 1.29 is 5.11 Å². The third-order valence-electron chi connectivity index (χ3n) is 5.39. The number of H-pyrrole nitrogens is 1. The second-order valence-electron chi connectivity index (χ2n) is 8.01. The zero-order valence-electron chi connectivity index (χ0n) is 16.1. The van der Waals surface area contributed by atoms with Crippen LogP contribution in [0.25, 0.3) is 22.6 Å². The fourth-order valence-electron chi connectivity index (χ4n) is 4.12. The van der Waals surface area contributed by atoms with Gasteiger partial charge in [-0.25, -0.2) is 4.98 Å². The van der Waals surface area contributed by atoms with Crippen LogP contribution in [0.15, 0.2) is 42.7 Å². The van der Waals surface area contributed by atoms with Crippen LogP contribution in [-0.2, 0) is 6.42 Å². The van der Waals surface area contributed by atoms with Crippen molar-refractivity contribution in [3.05, 3.63) is 48.4 Å².